The first-order valence-electron chi connectivity index (χ1n) is 6.35. The van der Waals surface area contributed by atoms with E-state index >= 15 is 0 Å². The Morgan fingerprint density at radius 3 is 2.50 bits per heavy atom. The summed E-state index contributed by atoms with van der Waals surface area (Å²) in [6.45, 7) is 7.06. The molecule has 1 atom stereocenters. The van der Waals surface area contributed by atoms with Crippen molar-refractivity contribution in [2.45, 2.75) is 39.2 Å². The van der Waals surface area contributed by atoms with Crippen molar-refractivity contribution in [2.75, 3.05) is 11.9 Å². The van der Waals surface area contributed by atoms with Gasteiger partial charge in [0.05, 0.1) is 5.60 Å². The molecule has 0 bridgehead atoms. The zero-order valence-corrected chi connectivity index (χ0v) is 13.7. The first-order valence-corrected chi connectivity index (χ1v) is 7.85. The molecule has 102 valence electrons. The van der Waals surface area contributed by atoms with Gasteiger partial charge in [0.25, 0.3) is 0 Å². The maximum Gasteiger partial charge on any atom is 0.0598 e. The molecule has 18 heavy (non-hydrogen) atoms. The zero-order chi connectivity index (χ0) is 13.6. The Morgan fingerprint density at radius 1 is 1.28 bits per heavy atom. The highest BCUT2D eigenvalue weighted by Crippen LogP contribution is 2.22. The first-order chi connectivity index (χ1) is 8.42. The third-order valence-electron chi connectivity index (χ3n) is 2.75. The minimum Gasteiger partial charge on any atom is -0.376 e. The minimum absolute atomic E-state index is 0.0543. The van der Waals surface area contributed by atoms with Crippen LogP contribution in [0.3, 0.4) is 0 Å². The average molecular weight is 334 g/mol. The standard InChI is InChI=1S/C15H22BrClO/c1-15(2,3)18-9-8-12(11-16)10-13-6-4-5-7-14(13)17/h4-7,12H,8-11H2,1-3H3. The van der Waals surface area contributed by atoms with Crippen LogP contribution in [0, 0.1) is 5.92 Å². The van der Waals surface area contributed by atoms with Crippen LogP contribution in [0.15, 0.2) is 24.3 Å². The molecule has 0 amide bonds. The number of rotatable bonds is 6. The molecule has 0 aromatic heterocycles. The third-order valence-corrected chi connectivity index (χ3v) is 4.03. The molecule has 0 spiro atoms. The van der Waals surface area contributed by atoms with E-state index in [1.54, 1.807) is 0 Å². The zero-order valence-electron chi connectivity index (χ0n) is 11.4. The summed E-state index contributed by atoms with van der Waals surface area (Å²) in [4.78, 5) is 0. The SMILES string of the molecule is CC(C)(C)OCCC(CBr)Cc1ccccc1Cl. The van der Waals surface area contributed by atoms with Crippen molar-refractivity contribution >= 4 is 27.5 Å². The molecule has 1 unspecified atom stereocenters. The van der Waals surface area contributed by atoms with E-state index in [-0.39, 0.29) is 5.60 Å². The molecule has 0 fully saturated rings. The summed E-state index contributed by atoms with van der Waals surface area (Å²) in [7, 11) is 0. The lowest BCUT2D eigenvalue weighted by Gasteiger charge is -2.22. The summed E-state index contributed by atoms with van der Waals surface area (Å²) >= 11 is 9.77. The van der Waals surface area contributed by atoms with Gasteiger partial charge in [0.2, 0.25) is 0 Å². The highest BCUT2D eigenvalue weighted by atomic mass is 79.9. The van der Waals surface area contributed by atoms with Crippen LogP contribution in [0.5, 0.6) is 0 Å². The predicted octanol–water partition coefficient (Wildman–Crippen LogP) is 5.10. The van der Waals surface area contributed by atoms with E-state index in [2.05, 4.69) is 42.8 Å². The fraction of sp³-hybridized carbons (Fsp3) is 0.600. The molecule has 0 saturated carbocycles. The molecule has 0 aliphatic heterocycles. The van der Waals surface area contributed by atoms with E-state index < -0.39 is 0 Å². The highest BCUT2D eigenvalue weighted by Gasteiger charge is 2.14. The van der Waals surface area contributed by atoms with E-state index in [9.17, 15) is 0 Å². The van der Waals surface area contributed by atoms with Crippen LogP contribution in [0.2, 0.25) is 5.02 Å². The molecule has 0 aliphatic carbocycles. The summed E-state index contributed by atoms with van der Waals surface area (Å²) in [5.74, 6) is 0.562. The van der Waals surface area contributed by atoms with Crippen LogP contribution >= 0.6 is 27.5 Å². The fourth-order valence-electron chi connectivity index (χ4n) is 1.74. The van der Waals surface area contributed by atoms with Crippen molar-refractivity contribution in [2.24, 2.45) is 5.92 Å². The van der Waals surface area contributed by atoms with Crippen molar-refractivity contribution in [1.29, 1.82) is 0 Å². The topological polar surface area (TPSA) is 9.23 Å². The van der Waals surface area contributed by atoms with E-state index in [1.807, 2.05) is 18.2 Å². The van der Waals surface area contributed by atoms with Crippen LogP contribution in [-0.4, -0.2) is 17.5 Å². The van der Waals surface area contributed by atoms with Gasteiger partial charge >= 0.3 is 0 Å². The molecule has 0 heterocycles. The van der Waals surface area contributed by atoms with E-state index in [4.69, 9.17) is 16.3 Å². The van der Waals surface area contributed by atoms with Crippen LogP contribution in [0.25, 0.3) is 0 Å². The fourth-order valence-corrected chi connectivity index (χ4v) is 2.51. The lowest BCUT2D eigenvalue weighted by Crippen LogP contribution is -2.21. The number of hydrogen-bond donors (Lipinski definition) is 0. The molecule has 0 N–H and O–H groups in total. The van der Waals surface area contributed by atoms with Gasteiger partial charge in [-0.25, -0.2) is 0 Å². The molecular weight excluding hydrogens is 312 g/mol. The van der Waals surface area contributed by atoms with Crippen LogP contribution in [0.4, 0.5) is 0 Å². The van der Waals surface area contributed by atoms with Gasteiger partial charge in [-0.3, -0.25) is 0 Å². The van der Waals surface area contributed by atoms with Crippen LogP contribution < -0.4 is 0 Å². The van der Waals surface area contributed by atoms with Gasteiger partial charge in [-0.15, -0.1) is 0 Å². The Balaban J connectivity index is 2.45. The number of ether oxygens (including phenoxy) is 1. The molecule has 1 rings (SSSR count). The lowest BCUT2D eigenvalue weighted by molar-refractivity contribution is -0.00821. The maximum atomic E-state index is 6.19. The number of hydrogen-bond acceptors (Lipinski definition) is 1. The Kier molecular flexibility index (Phi) is 6.68. The Morgan fingerprint density at radius 2 is 1.94 bits per heavy atom. The molecule has 3 heteroatoms. The second-order valence-electron chi connectivity index (χ2n) is 5.57. The Bertz CT molecular complexity index is 360. The number of benzene rings is 1. The van der Waals surface area contributed by atoms with Crippen LogP contribution in [-0.2, 0) is 11.2 Å². The van der Waals surface area contributed by atoms with Crippen molar-refractivity contribution in [3.63, 3.8) is 0 Å². The van der Waals surface area contributed by atoms with Gasteiger partial charge < -0.3 is 4.74 Å². The summed E-state index contributed by atoms with van der Waals surface area (Å²) in [5.41, 5.74) is 1.17. The molecule has 1 nitrogen and oxygen atoms in total. The predicted molar refractivity (Wildman–Crippen MR) is 82.8 cm³/mol. The van der Waals surface area contributed by atoms with Gasteiger partial charge in [0.1, 0.15) is 0 Å². The second-order valence-corrected chi connectivity index (χ2v) is 6.62. The van der Waals surface area contributed by atoms with E-state index in [0.717, 1.165) is 29.8 Å². The largest absolute Gasteiger partial charge is 0.376 e. The van der Waals surface area contributed by atoms with Gasteiger partial charge in [-0.1, -0.05) is 45.7 Å². The maximum absolute atomic E-state index is 6.19. The van der Waals surface area contributed by atoms with Gasteiger partial charge in [0.15, 0.2) is 0 Å². The van der Waals surface area contributed by atoms with Gasteiger partial charge in [-0.05, 0) is 51.2 Å². The second kappa shape index (κ2) is 7.52. The Labute approximate surface area is 124 Å². The summed E-state index contributed by atoms with van der Waals surface area (Å²) in [6.07, 6.45) is 2.05. The first kappa shape index (κ1) is 16.0. The van der Waals surface area contributed by atoms with Gasteiger partial charge in [0, 0.05) is 17.0 Å². The van der Waals surface area contributed by atoms with E-state index in [1.165, 1.54) is 5.56 Å². The Hall–Kier alpha value is -0.0500. The summed E-state index contributed by atoms with van der Waals surface area (Å²) in [6, 6.07) is 8.06. The smallest absolute Gasteiger partial charge is 0.0598 e. The van der Waals surface area contributed by atoms with Crippen molar-refractivity contribution in [3.05, 3.63) is 34.9 Å². The molecule has 0 aliphatic rings. The third kappa shape index (κ3) is 6.21. The molecule has 1 aromatic rings. The van der Waals surface area contributed by atoms with E-state index in [0.29, 0.717) is 5.92 Å². The summed E-state index contributed by atoms with van der Waals surface area (Å²) in [5, 5.41) is 1.84. The molecular formula is C15H22BrClO. The monoisotopic (exact) mass is 332 g/mol. The average Bonchev–Trinajstić information content (AvgIpc) is 2.29. The quantitative estimate of drug-likeness (QED) is 0.658. The highest BCUT2D eigenvalue weighted by molar-refractivity contribution is 9.09. The van der Waals surface area contributed by atoms with Crippen molar-refractivity contribution in [3.8, 4) is 0 Å². The molecule has 0 radical (unpaired) electrons. The normalized spacial score (nSPS) is 13.6. The number of alkyl halides is 1. The van der Waals surface area contributed by atoms with Crippen LogP contribution in [0.1, 0.15) is 32.8 Å². The van der Waals surface area contributed by atoms with Gasteiger partial charge in [-0.2, -0.15) is 0 Å². The number of halogens is 2. The molecule has 0 saturated heterocycles. The van der Waals surface area contributed by atoms with Crippen molar-refractivity contribution in [1.82, 2.24) is 0 Å². The van der Waals surface area contributed by atoms with Crippen molar-refractivity contribution < 1.29 is 4.74 Å². The molecule has 1 aromatic carbocycles. The lowest BCUT2D eigenvalue weighted by atomic mass is 9.98. The summed E-state index contributed by atoms with van der Waals surface area (Å²) < 4.78 is 5.78. The minimum atomic E-state index is -0.0543.